The molecule has 1 aromatic rings. The van der Waals surface area contributed by atoms with Gasteiger partial charge in [0, 0.05) is 12.1 Å². The summed E-state index contributed by atoms with van der Waals surface area (Å²) in [7, 11) is 1.93. The van der Waals surface area contributed by atoms with Crippen molar-refractivity contribution in [1.82, 2.24) is 10.3 Å². The van der Waals surface area contributed by atoms with Gasteiger partial charge in [0.05, 0.1) is 12.3 Å². The Morgan fingerprint density at radius 2 is 2.16 bits per heavy atom. The van der Waals surface area contributed by atoms with Gasteiger partial charge in [-0.15, -0.1) is 0 Å². The number of hydrogen-bond donors (Lipinski definition) is 1. The quantitative estimate of drug-likeness (QED) is 0.777. The van der Waals surface area contributed by atoms with Crippen molar-refractivity contribution < 1.29 is 14.3 Å². The van der Waals surface area contributed by atoms with E-state index >= 15 is 0 Å². The van der Waals surface area contributed by atoms with Gasteiger partial charge < -0.3 is 14.8 Å². The predicted octanol–water partition coefficient (Wildman–Crippen LogP) is 1.81. The zero-order valence-corrected chi connectivity index (χ0v) is 12.0. The number of ether oxygens (including phenoxy) is 2. The molecular weight excluding hydrogens is 244 g/mol. The molecule has 0 spiro atoms. The van der Waals surface area contributed by atoms with E-state index in [0.29, 0.717) is 17.7 Å². The van der Waals surface area contributed by atoms with Gasteiger partial charge in [-0.2, -0.15) is 0 Å². The lowest BCUT2D eigenvalue weighted by molar-refractivity contribution is -0.118. The first kappa shape index (κ1) is 15.4. The Labute approximate surface area is 114 Å². The minimum Gasteiger partial charge on any atom is -0.484 e. The van der Waals surface area contributed by atoms with E-state index in [4.69, 9.17) is 9.47 Å². The average Bonchev–Trinajstić information content (AvgIpc) is 2.37. The van der Waals surface area contributed by atoms with Crippen LogP contribution in [0.1, 0.15) is 27.2 Å². The Bertz CT molecular complexity index is 392. The van der Waals surface area contributed by atoms with E-state index < -0.39 is 0 Å². The number of Topliss-reactive ketones (excluding diaryl/α,β-unsaturated/α-hetero) is 1. The van der Waals surface area contributed by atoms with Crippen LogP contribution in [0, 0.1) is 0 Å². The fourth-order valence-electron chi connectivity index (χ4n) is 1.58. The molecule has 106 valence electrons. The highest BCUT2D eigenvalue weighted by atomic mass is 16.5. The Morgan fingerprint density at radius 3 is 2.68 bits per heavy atom. The Kier molecular flexibility index (Phi) is 6.29. The van der Waals surface area contributed by atoms with Crippen molar-refractivity contribution in [2.24, 2.45) is 0 Å². The summed E-state index contributed by atoms with van der Waals surface area (Å²) in [4.78, 5) is 14.9. The number of nitrogens with zero attached hydrogens (tertiary/aromatic N) is 1. The molecule has 0 bridgehead atoms. The second-order valence-electron chi connectivity index (χ2n) is 4.68. The molecule has 0 fully saturated rings. The van der Waals surface area contributed by atoms with E-state index in [2.05, 4.69) is 17.2 Å². The number of pyridine rings is 1. The minimum absolute atomic E-state index is 0.0185. The molecule has 19 heavy (non-hydrogen) atoms. The molecule has 5 heteroatoms. The second-order valence-corrected chi connectivity index (χ2v) is 4.68. The number of rotatable bonds is 8. The van der Waals surface area contributed by atoms with Gasteiger partial charge in [-0.1, -0.05) is 0 Å². The third kappa shape index (κ3) is 6.20. The van der Waals surface area contributed by atoms with Crippen molar-refractivity contribution in [1.29, 1.82) is 0 Å². The van der Waals surface area contributed by atoms with Gasteiger partial charge in [0.25, 0.3) is 0 Å². The largest absolute Gasteiger partial charge is 0.484 e. The summed E-state index contributed by atoms with van der Waals surface area (Å²) >= 11 is 0. The van der Waals surface area contributed by atoms with Crippen LogP contribution in [0.5, 0.6) is 11.6 Å². The maximum Gasteiger partial charge on any atom is 0.213 e. The summed E-state index contributed by atoms with van der Waals surface area (Å²) in [5.74, 6) is 1.11. The number of nitrogens with one attached hydrogen (secondary N) is 1. The molecular formula is C14H22N2O3. The Morgan fingerprint density at radius 1 is 1.42 bits per heavy atom. The summed E-state index contributed by atoms with van der Waals surface area (Å²) in [5, 5.41) is 3.17. The molecule has 0 aliphatic heterocycles. The summed E-state index contributed by atoms with van der Waals surface area (Å²) in [6, 6.07) is 3.89. The molecule has 1 rings (SSSR count). The molecule has 0 unspecified atom stereocenters. The first-order valence-corrected chi connectivity index (χ1v) is 6.43. The summed E-state index contributed by atoms with van der Waals surface area (Å²) in [5.41, 5.74) is 0. The van der Waals surface area contributed by atoms with Crippen LogP contribution in [0.3, 0.4) is 0 Å². The highest BCUT2D eigenvalue weighted by molar-refractivity contribution is 5.77. The average molecular weight is 266 g/mol. The van der Waals surface area contributed by atoms with Crippen molar-refractivity contribution in [2.75, 3.05) is 13.7 Å². The summed E-state index contributed by atoms with van der Waals surface area (Å²) in [6.07, 6.45) is 2.55. The zero-order valence-electron chi connectivity index (χ0n) is 12.0. The van der Waals surface area contributed by atoms with E-state index in [1.54, 1.807) is 18.3 Å². The van der Waals surface area contributed by atoms with Crippen LogP contribution < -0.4 is 14.8 Å². The van der Waals surface area contributed by atoms with Gasteiger partial charge in [-0.25, -0.2) is 4.98 Å². The Hall–Kier alpha value is -1.62. The smallest absolute Gasteiger partial charge is 0.213 e. The second kappa shape index (κ2) is 7.74. The maximum absolute atomic E-state index is 10.8. The third-order valence-corrected chi connectivity index (χ3v) is 2.65. The van der Waals surface area contributed by atoms with Gasteiger partial charge in [-0.3, -0.25) is 4.79 Å². The molecule has 1 N–H and O–H groups in total. The SMILES string of the molecule is CN[C@H](C)C[C@@H](C)Oc1ccc(OCC(C)=O)cn1. The van der Waals surface area contributed by atoms with Crippen LogP contribution in [-0.4, -0.2) is 36.6 Å². The predicted molar refractivity (Wildman–Crippen MR) is 73.6 cm³/mol. The van der Waals surface area contributed by atoms with Gasteiger partial charge in [-0.05, 0) is 40.3 Å². The molecule has 2 atom stereocenters. The lowest BCUT2D eigenvalue weighted by atomic mass is 10.1. The molecule has 1 heterocycles. The topological polar surface area (TPSA) is 60.5 Å². The van der Waals surface area contributed by atoms with Gasteiger partial charge in [0.15, 0.2) is 5.78 Å². The molecule has 0 aliphatic rings. The van der Waals surface area contributed by atoms with Crippen LogP contribution in [0.15, 0.2) is 18.3 Å². The Balaban J connectivity index is 2.45. The van der Waals surface area contributed by atoms with Crippen molar-refractivity contribution in [3.8, 4) is 11.6 Å². The van der Waals surface area contributed by atoms with Crippen LogP contribution in [0.25, 0.3) is 0 Å². The lowest BCUT2D eigenvalue weighted by Gasteiger charge is -2.18. The van der Waals surface area contributed by atoms with Crippen molar-refractivity contribution in [3.05, 3.63) is 18.3 Å². The number of carbonyl (C=O) groups excluding carboxylic acids is 1. The first-order chi connectivity index (χ1) is 9.01. The van der Waals surface area contributed by atoms with Crippen LogP contribution in [0.2, 0.25) is 0 Å². The number of hydrogen-bond acceptors (Lipinski definition) is 5. The molecule has 0 saturated heterocycles. The lowest BCUT2D eigenvalue weighted by Crippen LogP contribution is -2.28. The van der Waals surface area contributed by atoms with E-state index in [1.165, 1.54) is 6.92 Å². The third-order valence-electron chi connectivity index (χ3n) is 2.65. The van der Waals surface area contributed by atoms with Crippen molar-refractivity contribution >= 4 is 5.78 Å². The zero-order chi connectivity index (χ0) is 14.3. The minimum atomic E-state index is -0.0185. The van der Waals surface area contributed by atoms with Crippen LogP contribution >= 0.6 is 0 Å². The van der Waals surface area contributed by atoms with E-state index in [1.807, 2.05) is 14.0 Å². The number of aromatic nitrogens is 1. The molecule has 0 saturated carbocycles. The fourth-order valence-corrected chi connectivity index (χ4v) is 1.58. The molecule has 1 aromatic heterocycles. The first-order valence-electron chi connectivity index (χ1n) is 6.43. The highest BCUT2D eigenvalue weighted by Crippen LogP contribution is 2.16. The number of carbonyl (C=O) groups is 1. The highest BCUT2D eigenvalue weighted by Gasteiger charge is 2.09. The molecule has 0 aliphatic carbocycles. The van der Waals surface area contributed by atoms with E-state index in [0.717, 1.165) is 6.42 Å². The van der Waals surface area contributed by atoms with Gasteiger partial charge in [0.1, 0.15) is 12.4 Å². The number of ketones is 1. The van der Waals surface area contributed by atoms with Crippen molar-refractivity contribution in [2.45, 2.75) is 39.3 Å². The summed E-state index contributed by atoms with van der Waals surface area (Å²) in [6.45, 7) is 5.66. The summed E-state index contributed by atoms with van der Waals surface area (Å²) < 4.78 is 10.9. The standard InChI is InChI=1S/C14H22N2O3/c1-10(15-4)7-12(3)19-14-6-5-13(8-16-14)18-9-11(2)17/h5-6,8,10,12,15H,7,9H2,1-4H3/t10-,12-/m1/s1. The van der Waals surface area contributed by atoms with Gasteiger partial charge in [0.2, 0.25) is 5.88 Å². The monoisotopic (exact) mass is 266 g/mol. The molecule has 5 nitrogen and oxygen atoms in total. The van der Waals surface area contributed by atoms with Crippen LogP contribution in [-0.2, 0) is 4.79 Å². The normalized spacial score (nSPS) is 13.7. The molecule has 0 amide bonds. The molecule has 0 radical (unpaired) electrons. The van der Waals surface area contributed by atoms with Crippen LogP contribution in [0.4, 0.5) is 0 Å². The van der Waals surface area contributed by atoms with E-state index in [9.17, 15) is 4.79 Å². The maximum atomic E-state index is 10.8. The fraction of sp³-hybridized carbons (Fsp3) is 0.571. The van der Waals surface area contributed by atoms with E-state index in [-0.39, 0.29) is 18.5 Å². The molecule has 0 aromatic carbocycles. The van der Waals surface area contributed by atoms with Crippen molar-refractivity contribution in [3.63, 3.8) is 0 Å². The van der Waals surface area contributed by atoms with Gasteiger partial charge >= 0.3 is 0 Å².